The van der Waals surface area contributed by atoms with Crippen LogP contribution >= 0.6 is 0 Å². The number of nitrogens with one attached hydrogen (secondary N) is 3. The summed E-state index contributed by atoms with van der Waals surface area (Å²) in [6.45, 7) is 5.66. The maximum absolute atomic E-state index is 13.1. The number of aryl methyl sites for hydroxylation is 1. The number of methoxy groups -OCH3 is 1. The molecule has 7 nitrogen and oxygen atoms in total. The number of rotatable bonds is 8. The Morgan fingerprint density at radius 3 is 2.18 bits per heavy atom. The standard InChI is InChI=1S/C27H29N3O4/c1-17(2)24(27(33)28-20-9-7-8-18(3)16-20)30-26(32)22-10-5-6-11-23(22)29-25(31)19-12-14-21(34-4)15-13-19/h5-17,24H,1-4H3,(H,28,33)(H,29,31)(H,30,32)/t24-/m0/s1. The summed E-state index contributed by atoms with van der Waals surface area (Å²) in [7, 11) is 1.55. The Bertz CT molecular complexity index is 1170. The monoisotopic (exact) mass is 459 g/mol. The molecular formula is C27H29N3O4. The van der Waals surface area contributed by atoms with Crippen molar-refractivity contribution in [3.8, 4) is 5.75 Å². The molecule has 1 atom stereocenters. The molecule has 0 heterocycles. The molecule has 0 unspecified atom stereocenters. The van der Waals surface area contributed by atoms with Crippen LogP contribution in [0.2, 0.25) is 0 Å². The van der Waals surface area contributed by atoms with Gasteiger partial charge < -0.3 is 20.7 Å². The largest absolute Gasteiger partial charge is 0.497 e. The lowest BCUT2D eigenvalue weighted by molar-refractivity contribution is -0.118. The van der Waals surface area contributed by atoms with Gasteiger partial charge in [0.1, 0.15) is 11.8 Å². The first-order chi connectivity index (χ1) is 16.3. The van der Waals surface area contributed by atoms with Crippen molar-refractivity contribution in [1.82, 2.24) is 5.32 Å². The number of carbonyl (C=O) groups is 3. The fourth-order valence-corrected chi connectivity index (χ4v) is 3.42. The number of carbonyl (C=O) groups excluding carboxylic acids is 3. The Hall–Kier alpha value is -4.13. The van der Waals surface area contributed by atoms with Gasteiger partial charge in [0.25, 0.3) is 11.8 Å². The highest BCUT2D eigenvalue weighted by Gasteiger charge is 2.26. The highest BCUT2D eigenvalue weighted by Crippen LogP contribution is 2.19. The van der Waals surface area contributed by atoms with E-state index in [1.54, 1.807) is 61.7 Å². The van der Waals surface area contributed by atoms with E-state index >= 15 is 0 Å². The highest BCUT2D eigenvalue weighted by molar-refractivity contribution is 6.10. The highest BCUT2D eigenvalue weighted by atomic mass is 16.5. The number of ether oxygens (including phenoxy) is 1. The summed E-state index contributed by atoms with van der Waals surface area (Å²) in [4.78, 5) is 38.8. The van der Waals surface area contributed by atoms with E-state index in [0.717, 1.165) is 5.56 Å². The lowest BCUT2D eigenvalue weighted by Crippen LogP contribution is -2.47. The van der Waals surface area contributed by atoms with Gasteiger partial charge in [0.2, 0.25) is 5.91 Å². The molecule has 0 bridgehead atoms. The molecule has 34 heavy (non-hydrogen) atoms. The van der Waals surface area contributed by atoms with Crippen LogP contribution in [0.5, 0.6) is 5.75 Å². The minimum atomic E-state index is -0.765. The third-order valence-corrected chi connectivity index (χ3v) is 5.29. The Morgan fingerprint density at radius 1 is 0.824 bits per heavy atom. The predicted molar refractivity (Wildman–Crippen MR) is 133 cm³/mol. The maximum atomic E-state index is 13.1. The Kier molecular flexibility index (Phi) is 8.03. The fourth-order valence-electron chi connectivity index (χ4n) is 3.42. The first-order valence-electron chi connectivity index (χ1n) is 11.0. The van der Waals surface area contributed by atoms with Gasteiger partial charge in [0.05, 0.1) is 18.4 Å². The molecule has 7 heteroatoms. The summed E-state index contributed by atoms with van der Waals surface area (Å²) >= 11 is 0. The van der Waals surface area contributed by atoms with Gasteiger partial charge in [-0.2, -0.15) is 0 Å². The van der Waals surface area contributed by atoms with Crippen LogP contribution in [0.3, 0.4) is 0 Å². The van der Waals surface area contributed by atoms with Gasteiger partial charge in [-0.25, -0.2) is 0 Å². The Labute approximate surface area is 199 Å². The van der Waals surface area contributed by atoms with E-state index in [4.69, 9.17) is 4.74 Å². The molecule has 3 aromatic rings. The molecule has 0 saturated heterocycles. The van der Waals surface area contributed by atoms with E-state index in [1.165, 1.54) is 0 Å². The second kappa shape index (κ2) is 11.1. The number of hydrogen-bond donors (Lipinski definition) is 3. The minimum absolute atomic E-state index is 0.158. The van der Waals surface area contributed by atoms with Crippen molar-refractivity contribution in [3.05, 3.63) is 89.5 Å². The molecule has 3 aromatic carbocycles. The van der Waals surface area contributed by atoms with Crippen LogP contribution in [0.25, 0.3) is 0 Å². The van der Waals surface area contributed by atoms with Gasteiger partial charge in [0, 0.05) is 11.3 Å². The van der Waals surface area contributed by atoms with Gasteiger partial charge >= 0.3 is 0 Å². The molecule has 0 saturated carbocycles. The summed E-state index contributed by atoms with van der Waals surface area (Å²) in [5.74, 6) is -0.646. The van der Waals surface area contributed by atoms with E-state index in [2.05, 4.69) is 16.0 Å². The molecule has 0 spiro atoms. The lowest BCUT2D eigenvalue weighted by Gasteiger charge is -2.22. The third kappa shape index (κ3) is 6.22. The van der Waals surface area contributed by atoms with E-state index < -0.39 is 11.9 Å². The van der Waals surface area contributed by atoms with Crippen LogP contribution in [0.15, 0.2) is 72.8 Å². The van der Waals surface area contributed by atoms with Crippen LogP contribution in [0, 0.1) is 12.8 Å². The minimum Gasteiger partial charge on any atom is -0.497 e. The van der Waals surface area contributed by atoms with Crippen molar-refractivity contribution in [3.63, 3.8) is 0 Å². The molecule has 0 fully saturated rings. The van der Waals surface area contributed by atoms with Crippen molar-refractivity contribution < 1.29 is 19.1 Å². The molecule has 0 aliphatic heterocycles. The van der Waals surface area contributed by atoms with Crippen molar-refractivity contribution in [1.29, 1.82) is 0 Å². The van der Waals surface area contributed by atoms with Crippen LogP contribution in [-0.4, -0.2) is 30.9 Å². The first kappa shape index (κ1) is 24.5. The van der Waals surface area contributed by atoms with Crippen molar-refractivity contribution in [2.45, 2.75) is 26.8 Å². The third-order valence-electron chi connectivity index (χ3n) is 5.29. The zero-order valence-corrected chi connectivity index (χ0v) is 19.7. The first-order valence-corrected chi connectivity index (χ1v) is 11.0. The molecule has 3 rings (SSSR count). The van der Waals surface area contributed by atoms with E-state index in [0.29, 0.717) is 22.7 Å². The van der Waals surface area contributed by atoms with Crippen LogP contribution < -0.4 is 20.7 Å². The number of hydrogen-bond acceptors (Lipinski definition) is 4. The Morgan fingerprint density at radius 2 is 1.53 bits per heavy atom. The average Bonchev–Trinajstić information content (AvgIpc) is 2.82. The predicted octanol–water partition coefficient (Wildman–Crippen LogP) is 4.65. The number of benzene rings is 3. The number of anilines is 2. The molecular weight excluding hydrogens is 430 g/mol. The van der Waals surface area contributed by atoms with Gasteiger partial charge in [-0.3, -0.25) is 14.4 Å². The second-order valence-electron chi connectivity index (χ2n) is 8.28. The Balaban J connectivity index is 1.75. The maximum Gasteiger partial charge on any atom is 0.255 e. The number of amides is 3. The molecule has 176 valence electrons. The molecule has 0 radical (unpaired) electrons. The van der Waals surface area contributed by atoms with Gasteiger partial charge in [0.15, 0.2) is 0 Å². The fraction of sp³-hybridized carbons (Fsp3) is 0.222. The summed E-state index contributed by atoms with van der Waals surface area (Å²) < 4.78 is 5.12. The van der Waals surface area contributed by atoms with Crippen molar-refractivity contribution in [2.75, 3.05) is 17.7 Å². The molecule has 3 amide bonds. The topological polar surface area (TPSA) is 96.5 Å². The molecule has 0 aliphatic rings. The van der Waals surface area contributed by atoms with Crippen molar-refractivity contribution >= 4 is 29.1 Å². The molecule has 0 aromatic heterocycles. The van der Waals surface area contributed by atoms with Gasteiger partial charge in [-0.15, -0.1) is 0 Å². The second-order valence-corrected chi connectivity index (χ2v) is 8.28. The van der Waals surface area contributed by atoms with E-state index in [9.17, 15) is 14.4 Å². The summed E-state index contributed by atoms with van der Waals surface area (Å²) in [5, 5.41) is 8.46. The zero-order chi connectivity index (χ0) is 24.7. The smallest absolute Gasteiger partial charge is 0.255 e. The normalized spacial score (nSPS) is 11.4. The van der Waals surface area contributed by atoms with Gasteiger partial charge in [-0.05, 0) is 66.9 Å². The van der Waals surface area contributed by atoms with E-state index in [1.807, 2.05) is 39.0 Å². The number of para-hydroxylation sites is 1. The molecule has 0 aliphatic carbocycles. The molecule has 3 N–H and O–H groups in total. The van der Waals surface area contributed by atoms with Crippen molar-refractivity contribution in [2.24, 2.45) is 5.92 Å². The quantitative estimate of drug-likeness (QED) is 0.457. The van der Waals surface area contributed by atoms with E-state index in [-0.39, 0.29) is 23.3 Å². The van der Waals surface area contributed by atoms with Gasteiger partial charge in [-0.1, -0.05) is 38.1 Å². The summed E-state index contributed by atoms with van der Waals surface area (Å²) in [6.07, 6.45) is 0. The van der Waals surface area contributed by atoms with Crippen LogP contribution in [0.4, 0.5) is 11.4 Å². The summed E-state index contributed by atoms with van der Waals surface area (Å²) in [5.41, 5.74) is 2.72. The zero-order valence-electron chi connectivity index (χ0n) is 19.7. The summed E-state index contributed by atoms with van der Waals surface area (Å²) in [6, 6.07) is 20.0. The van der Waals surface area contributed by atoms with Crippen LogP contribution in [0.1, 0.15) is 40.1 Å². The lowest BCUT2D eigenvalue weighted by atomic mass is 10.0. The van der Waals surface area contributed by atoms with Crippen LogP contribution in [-0.2, 0) is 4.79 Å². The SMILES string of the molecule is COc1ccc(C(=O)Nc2ccccc2C(=O)N[C@H](C(=O)Nc2cccc(C)c2)C(C)C)cc1. The average molecular weight is 460 g/mol.